The zero-order valence-corrected chi connectivity index (χ0v) is 11.5. The van der Waals surface area contributed by atoms with Crippen LogP contribution in [0.1, 0.15) is 39.5 Å². The molecule has 0 amide bonds. The van der Waals surface area contributed by atoms with Crippen LogP contribution in [0.15, 0.2) is 12.1 Å². The fourth-order valence-electron chi connectivity index (χ4n) is 1.54. The van der Waals surface area contributed by atoms with Gasteiger partial charge in [-0.25, -0.2) is 0 Å². The predicted molar refractivity (Wildman–Crippen MR) is 74.7 cm³/mol. The average Bonchev–Trinajstić information content (AvgIpc) is 2.41. The van der Waals surface area contributed by atoms with E-state index in [1.807, 2.05) is 6.92 Å². The van der Waals surface area contributed by atoms with Crippen molar-refractivity contribution in [1.82, 2.24) is 4.98 Å². The van der Waals surface area contributed by atoms with Crippen LogP contribution >= 0.6 is 0 Å². The second kappa shape index (κ2) is 8.29. The minimum atomic E-state index is -0.433. The van der Waals surface area contributed by atoms with Gasteiger partial charge in [0, 0.05) is 6.54 Å². The highest BCUT2D eigenvalue weighted by Gasteiger charge is 2.11. The first kappa shape index (κ1) is 15.2. The summed E-state index contributed by atoms with van der Waals surface area (Å²) < 4.78 is 5.46. The van der Waals surface area contributed by atoms with Gasteiger partial charge in [0.1, 0.15) is 5.82 Å². The van der Waals surface area contributed by atoms with Crippen LogP contribution in [-0.4, -0.2) is 23.1 Å². The van der Waals surface area contributed by atoms with Gasteiger partial charge in [0.25, 0.3) is 5.69 Å². The largest absolute Gasteiger partial charge is 0.477 e. The van der Waals surface area contributed by atoms with Crippen molar-refractivity contribution in [1.29, 1.82) is 0 Å². The molecule has 0 saturated carbocycles. The molecule has 1 aromatic heterocycles. The first-order valence-corrected chi connectivity index (χ1v) is 6.70. The van der Waals surface area contributed by atoms with Crippen molar-refractivity contribution in [3.63, 3.8) is 0 Å². The quantitative estimate of drug-likeness (QED) is 0.421. The molecule has 0 aliphatic carbocycles. The number of hydrogen-bond acceptors (Lipinski definition) is 5. The Morgan fingerprint density at radius 1 is 1.32 bits per heavy atom. The lowest BCUT2D eigenvalue weighted by molar-refractivity contribution is -0.384. The molecule has 1 N–H and O–H groups in total. The molecule has 0 radical (unpaired) electrons. The molecule has 19 heavy (non-hydrogen) atoms. The van der Waals surface area contributed by atoms with Crippen LogP contribution in [-0.2, 0) is 0 Å². The van der Waals surface area contributed by atoms with Crippen LogP contribution in [0.2, 0.25) is 0 Å². The van der Waals surface area contributed by atoms with Crippen LogP contribution in [0.3, 0.4) is 0 Å². The molecule has 0 spiro atoms. The van der Waals surface area contributed by atoms with E-state index in [9.17, 15) is 10.1 Å². The van der Waals surface area contributed by atoms with Gasteiger partial charge in [-0.1, -0.05) is 26.7 Å². The lowest BCUT2D eigenvalue weighted by Gasteiger charge is -2.08. The maximum atomic E-state index is 10.8. The topological polar surface area (TPSA) is 77.3 Å². The number of nitro groups is 1. The maximum Gasteiger partial charge on any atom is 0.278 e. The minimum absolute atomic E-state index is 0.000838. The second-order valence-corrected chi connectivity index (χ2v) is 4.29. The zero-order chi connectivity index (χ0) is 14.1. The van der Waals surface area contributed by atoms with Gasteiger partial charge in [-0.3, -0.25) is 10.1 Å². The summed E-state index contributed by atoms with van der Waals surface area (Å²) in [6, 6.07) is 2.79. The number of nitrogens with one attached hydrogen (secondary N) is 1. The summed E-state index contributed by atoms with van der Waals surface area (Å²) >= 11 is 0. The van der Waals surface area contributed by atoms with Gasteiger partial charge in [0.05, 0.1) is 23.7 Å². The van der Waals surface area contributed by atoms with Crippen LogP contribution < -0.4 is 10.1 Å². The third kappa shape index (κ3) is 5.54. The molecule has 0 saturated heterocycles. The summed E-state index contributed by atoms with van der Waals surface area (Å²) in [5.74, 6) is 0.797. The van der Waals surface area contributed by atoms with Gasteiger partial charge in [-0.15, -0.1) is 0 Å². The zero-order valence-electron chi connectivity index (χ0n) is 11.5. The average molecular weight is 267 g/mol. The van der Waals surface area contributed by atoms with E-state index < -0.39 is 4.92 Å². The van der Waals surface area contributed by atoms with Crippen LogP contribution in [0.25, 0.3) is 0 Å². The standard InChI is InChI=1S/C13H21N3O3/c1-3-5-6-8-19-13-10-11(16(17)18)9-12(15-13)14-7-4-2/h9-10H,3-8H2,1-2H3,(H,14,15). The van der Waals surface area contributed by atoms with Crippen molar-refractivity contribution < 1.29 is 9.66 Å². The Hall–Kier alpha value is -1.85. The smallest absolute Gasteiger partial charge is 0.278 e. The van der Waals surface area contributed by atoms with Crippen molar-refractivity contribution in [2.75, 3.05) is 18.5 Å². The van der Waals surface area contributed by atoms with Crippen molar-refractivity contribution >= 4 is 11.5 Å². The van der Waals surface area contributed by atoms with Crippen LogP contribution in [0, 0.1) is 10.1 Å². The van der Waals surface area contributed by atoms with Gasteiger partial charge in [-0.2, -0.15) is 4.98 Å². The fourth-order valence-corrected chi connectivity index (χ4v) is 1.54. The minimum Gasteiger partial charge on any atom is -0.477 e. The Kier molecular flexibility index (Phi) is 6.63. The normalized spacial score (nSPS) is 10.2. The van der Waals surface area contributed by atoms with Crippen molar-refractivity contribution in [3.05, 3.63) is 22.2 Å². The fraction of sp³-hybridized carbons (Fsp3) is 0.615. The first-order valence-electron chi connectivity index (χ1n) is 6.70. The Morgan fingerprint density at radius 2 is 2.11 bits per heavy atom. The third-order valence-corrected chi connectivity index (χ3v) is 2.55. The molecule has 6 heteroatoms. The number of hydrogen-bond donors (Lipinski definition) is 1. The van der Waals surface area contributed by atoms with E-state index in [2.05, 4.69) is 17.2 Å². The van der Waals surface area contributed by atoms with Gasteiger partial charge in [0.15, 0.2) is 0 Å². The molecule has 0 aliphatic rings. The highest BCUT2D eigenvalue weighted by Crippen LogP contribution is 2.22. The third-order valence-electron chi connectivity index (χ3n) is 2.55. The number of unbranched alkanes of at least 4 members (excludes halogenated alkanes) is 2. The summed E-state index contributed by atoms with van der Waals surface area (Å²) in [6.07, 6.45) is 4.04. The lowest BCUT2D eigenvalue weighted by atomic mass is 10.3. The monoisotopic (exact) mass is 267 g/mol. The van der Waals surface area contributed by atoms with E-state index in [1.54, 1.807) is 0 Å². The summed E-state index contributed by atoms with van der Waals surface area (Å²) in [5.41, 5.74) is -0.000838. The lowest BCUT2D eigenvalue weighted by Crippen LogP contribution is -2.05. The van der Waals surface area contributed by atoms with Crippen molar-refractivity contribution in [2.45, 2.75) is 39.5 Å². The summed E-state index contributed by atoms with van der Waals surface area (Å²) in [6.45, 7) is 5.39. The van der Waals surface area contributed by atoms with E-state index in [1.165, 1.54) is 12.1 Å². The maximum absolute atomic E-state index is 10.8. The van der Waals surface area contributed by atoms with Crippen LogP contribution in [0.5, 0.6) is 5.88 Å². The van der Waals surface area contributed by atoms with Gasteiger partial charge in [-0.05, 0) is 12.8 Å². The van der Waals surface area contributed by atoms with Gasteiger partial charge in [0.2, 0.25) is 5.88 Å². The van der Waals surface area contributed by atoms with Crippen molar-refractivity contribution in [3.8, 4) is 5.88 Å². The van der Waals surface area contributed by atoms with E-state index >= 15 is 0 Å². The van der Waals surface area contributed by atoms with E-state index in [-0.39, 0.29) is 5.69 Å². The molecule has 0 aromatic carbocycles. The Balaban J connectivity index is 2.72. The number of nitrogens with zero attached hydrogens (tertiary/aromatic N) is 2. The van der Waals surface area contributed by atoms with E-state index in [0.29, 0.717) is 18.3 Å². The number of anilines is 1. The molecule has 0 unspecified atom stereocenters. The molecule has 1 rings (SSSR count). The molecule has 0 aliphatic heterocycles. The molecule has 0 fully saturated rings. The molecular weight excluding hydrogens is 246 g/mol. The SMILES string of the molecule is CCCCCOc1cc([N+](=O)[O-])cc(NCCC)n1. The molecular formula is C13H21N3O3. The Morgan fingerprint density at radius 3 is 2.74 bits per heavy atom. The Bertz CT molecular complexity index is 410. The molecule has 0 bridgehead atoms. The summed E-state index contributed by atoms with van der Waals surface area (Å²) in [5, 5.41) is 13.9. The number of rotatable bonds is 9. The molecule has 0 atom stereocenters. The Labute approximate surface area is 113 Å². The van der Waals surface area contributed by atoms with Crippen LogP contribution in [0.4, 0.5) is 11.5 Å². The van der Waals surface area contributed by atoms with Gasteiger partial charge < -0.3 is 10.1 Å². The highest BCUT2D eigenvalue weighted by atomic mass is 16.6. The molecule has 1 aromatic rings. The number of aromatic nitrogens is 1. The number of pyridine rings is 1. The van der Waals surface area contributed by atoms with E-state index in [0.717, 1.165) is 32.2 Å². The number of ether oxygens (including phenoxy) is 1. The first-order chi connectivity index (χ1) is 9.17. The van der Waals surface area contributed by atoms with Crippen molar-refractivity contribution in [2.24, 2.45) is 0 Å². The molecule has 6 nitrogen and oxygen atoms in total. The van der Waals surface area contributed by atoms with E-state index in [4.69, 9.17) is 4.74 Å². The van der Waals surface area contributed by atoms with Gasteiger partial charge >= 0.3 is 0 Å². The molecule has 1 heterocycles. The highest BCUT2D eigenvalue weighted by molar-refractivity contribution is 5.48. The second-order valence-electron chi connectivity index (χ2n) is 4.29. The molecule has 106 valence electrons. The summed E-state index contributed by atoms with van der Waals surface area (Å²) in [7, 11) is 0. The summed E-state index contributed by atoms with van der Waals surface area (Å²) in [4.78, 5) is 14.6. The predicted octanol–water partition coefficient (Wildman–Crippen LogP) is 3.38.